The lowest BCUT2D eigenvalue weighted by molar-refractivity contribution is 0.625. The van der Waals surface area contributed by atoms with Crippen molar-refractivity contribution in [2.24, 2.45) is 0 Å². The molecule has 0 aliphatic heterocycles. The predicted molar refractivity (Wildman–Crippen MR) is 85.2 cm³/mol. The molecule has 2 aromatic heterocycles. The van der Waals surface area contributed by atoms with E-state index in [0.29, 0.717) is 5.78 Å². The van der Waals surface area contributed by atoms with Crippen LogP contribution in [0, 0.1) is 5.82 Å². The molecule has 116 valence electrons. The smallest absolute Gasteiger partial charge is 0.276 e. The summed E-state index contributed by atoms with van der Waals surface area (Å²) in [7, 11) is 0. The Bertz CT molecular complexity index is 1080. The Labute approximate surface area is 134 Å². The lowest BCUT2D eigenvalue weighted by Crippen LogP contribution is -2.30. The largest absolute Gasteiger partial charge is 0.289 e. The molecule has 4 rings (SSSR count). The summed E-state index contributed by atoms with van der Waals surface area (Å²) in [4.78, 5) is 19.3. The number of nitrogens with one attached hydrogen (secondary N) is 1. The minimum Gasteiger partial charge on any atom is -0.289 e. The van der Waals surface area contributed by atoms with E-state index >= 15 is 0 Å². The van der Waals surface area contributed by atoms with Gasteiger partial charge < -0.3 is 0 Å². The molecule has 0 bridgehead atoms. The van der Waals surface area contributed by atoms with Crippen LogP contribution in [0.15, 0.2) is 23.0 Å². The second kappa shape index (κ2) is 5.31. The predicted octanol–water partition coefficient (Wildman–Crippen LogP) is 1.16. The van der Waals surface area contributed by atoms with Crippen molar-refractivity contribution in [2.75, 3.05) is 0 Å². The van der Waals surface area contributed by atoms with E-state index in [2.05, 4.69) is 15.1 Å². The molecule has 5 nitrogen and oxygen atoms in total. The monoisotopic (exact) mass is 330 g/mol. The maximum absolute atomic E-state index is 14.0. The highest BCUT2D eigenvalue weighted by molar-refractivity contribution is 6.32. The summed E-state index contributed by atoms with van der Waals surface area (Å²) in [5.41, 5.74) is 0.611. The summed E-state index contributed by atoms with van der Waals surface area (Å²) in [6.45, 7) is 0. The van der Waals surface area contributed by atoms with Crippen molar-refractivity contribution in [3.05, 3.63) is 61.3 Å². The van der Waals surface area contributed by atoms with Crippen molar-refractivity contribution in [2.45, 2.75) is 19.3 Å². The van der Waals surface area contributed by atoms with Gasteiger partial charge in [0, 0.05) is 5.56 Å². The van der Waals surface area contributed by atoms with Gasteiger partial charge in [-0.15, -0.1) is 0 Å². The maximum atomic E-state index is 14.0. The third-order valence-corrected chi connectivity index (χ3v) is 4.20. The van der Waals surface area contributed by atoms with E-state index < -0.39 is 5.82 Å². The van der Waals surface area contributed by atoms with E-state index in [-0.39, 0.29) is 21.5 Å². The lowest BCUT2D eigenvalue weighted by Gasteiger charge is -2.06. The number of benzene rings is 1. The van der Waals surface area contributed by atoms with Gasteiger partial charge in [0.1, 0.15) is 11.2 Å². The Morgan fingerprint density at radius 1 is 1.39 bits per heavy atom. The lowest BCUT2D eigenvalue weighted by atomic mass is 10.1. The molecule has 1 N–H and O–H groups in total. The van der Waals surface area contributed by atoms with Crippen LogP contribution in [-0.2, 0) is 6.42 Å². The van der Waals surface area contributed by atoms with E-state index in [0.717, 1.165) is 30.3 Å². The fourth-order valence-corrected chi connectivity index (χ4v) is 2.94. The van der Waals surface area contributed by atoms with Gasteiger partial charge in [-0.25, -0.2) is 9.37 Å². The molecule has 0 amide bonds. The molecular formula is C16H12ClFN4O. The van der Waals surface area contributed by atoms with Gasteiger partial charge in [-0.05, 0) is 37.5 Å². The highest BCUT2D eigenvalue weighted by Gasteiger charge is 2.12. The van der Waals surface area contributed by atoms with E-state index in [9.17, 15) is 9.18 Å². The Balaban J connectivity index is 2.06. The first-order valence-electron chi connectivity index (χ1n) is 7.27. The van der Waals surface area contributed by atoms with Crippen molar-refractivity contribution < 1.29 is 4.39 Å². The second-order valence-electron chi connectivity index (χ2n) is 5.39. The number of imidazole rings is 1. The van der Waals surface area contributed by atoms with Gasteiger partial charge in [-0.1, -0.05) is 23.7 Å². The van der Waals surface area contributed by atoms with Gasteiger partial charge in [-0.3, -0.25) is 9.78 Å². The number of aryl methyl sites for hydroxylation is 1. The summed E-state index contributed by atoms with van der Waals surface area (Å²) in [6, 6.07) is 4.38. The fourth-order valence-electron chi connectivity index (χ4n) is 2.72. The Kier molecular flexibility index (Phi) is 3.27. The summed E-state index contributed by atoms with van der Waals surface area (Å²) < 4.78 is 15.4. The standard InChI is InChI=1S/C16H12ClFN4O/c17-10-4-3-5-11(18)9(10)8-14-15(23)20-16-19-12-6-1-2-7-13(12)21-22(14)16/h3-6,8H,1-2,7H2,(H,19,20,23)/b14-8-. The van der Waals surface area contributed by atoms with Gasteiger partial charge in [0.05, 0.1) is 16.1 Å². The zero-order valence-electron chi connectivity index (χ0n) is 12.0. The van der Waals surface area contributed by atoms with Crippen LogP contribution < -0.4 is 16.3 Å². The van der Waals surface area contributed by atoms with Gasteiger partial charge in [0.25, 0.3) is 5.56 Å². The van der Waals surface area contributed by atoms with Crippen molar-refractivity contribution in [1.29, 1.82) is 0 Å². The number of aromatic nitrogens is 4. The van der Waals surface area contributed by atoms with Crippen LogP contribution >= 0.6 is 11.6 Å². The van der Waals surface area contributed by atoms with E-state index in [1.165, 1.54) is 22.7 Å². The first-order valence-corrected chi connectivity index (χ1v) is 7.65. The number of hydrogen-bond acceptors (Lipinski definition) is 3. The van der Waals surface area contributed by atoms with Crippen LogP contribution in [0.1, 0.15) is 24.1 Å². The molecule has 0 radical (unpaired) electrons. The quantitative estimate of drug-likeness (QED) is 0.728. The minimum atomic E-state index is -0.494. The molecule has 3 aromatic rings. The van der Waals surface area contributed by atoms with Crippen molar-refractivity contribution in [1.82, 2.24) is 19.6 Å². The molecule has 0 saturated heterocycles. The topological polar surface area (TPSA) is 63.0 Å². The van der Waals surface area contributed by atoms with Crippen LogP contribution in [0.2, 0.25) is 5.02 Å². The van der Waals surface area contributed by atoms with Gasteiger partial charge in [-0.2, -0.15) is 9.61 Å². The highest BCUT2D eigenvalue weighted by Crippen LogP contribution is 2.19. The molecule has 0 atom stereocenters. The van der Waals surface area contributed by atoms with Crippen LogP contribution in [0.3, 0.4) is 0 Å². The zero-order valence-corrected chi connectivity index (χ0v) is 12.8. The summed E-state index contributed by atoms with van der Waals surface area (Å²) in [5.74, 6) is -0.156. The molecule has 0 saturated carbocycles. The average Bonchev–Trinajstić information content (AvgIpc) is 2.83. The van der Waals surface area contributed by atoms with E-state index in [1.54, 1.807) is 6.07 Å². The first kappa shape index (κ1) is 14.1. The third kappa shape index (κ3) is 2.35. The molecule has 1 aliphatic carbocycles. The number of nitrogens with zero attached hydrogens (tertiary/aromatic N) is 3. The van der Waals surface area contributed by atoms with Crippen molar-refractivity contribution in [3.8, 4) is 0 Å². The summed E-state index contributed by atoms with van der Waals surface area (Å²) >= 11 is 6.03. The van der Waals surface area contributed by atoms with E-state index in [4.69, 9.17) is 11.6 Å². The molecule has 23 heavy (non-hydrogen) atoms. The molecule has 1 aromatic carbocycles. The Hall–Kier alpha value is -2.47. The molecule has 1 aliphatic rings. The number of aromatic amines is 1. The second-order valence-corrected chi connectivity index (χ2v) is 5.80. The first-order chi connectivity index (χ1) is 11.1. The normalized spacial score (nSPS) is 14.8. The summed E-state index contributed by atoms with van der Waals surface area (Å²) in [6.07, 6.45) is 6.17. The number of H-pyrrole nitrogens is 1. The van der Waals surface area contributed by atoms with Crippen LogP contribution in [0.25, 0.3) is 17.9 Å². The minimum absolute atomic E-state index is 0.158. The SMILES string of the molecule is O=c1[nH]c2nc3c(nn2/c1=C\c1c(F)cccc1Cl)CCCC=3. The summed E-state index contributed by atoms with van der Waals surface area (Å²) in [5, 5.41) is 5.72. The molecule has 0 fully saturated rings. The molecule has 0 spiro atoms. The number of hydrogen-bond donors (Lipinski definition) is 1. The van der Waals surface area contributed by atoms with Gasteiger partial charge in [0.2, 0.25) is 5.78 Å². The fraction of sp³-hybridized carbons (Fsp3) is 0.188. The maximum Gasteiger partial charge on any atom is 0.276 e. The molecule has 2 heterocycles. The third-order valence-electron chi connectivity index (χ3n) is 3.87. The Morgan fingerprint density at radius 2 is 2.26 bits per heavy atom. The number of halogens is 2. The van der Waals surface area contributed by atoms with Gasteiger partial charge in [0.15, 0.2) is 0 Å². The van der Waals surface area contributed by atoms with Gasteiger partial charge >= 0.3 is 0 Å². The van der Waals surface area contributed by atoms with Crippen molar-refractivity contribution in [3.63, 3.8) is 0 Å². The van der Waals surface area contributed by atoms with Crippen molar-refractivity contribution >= 4 is 29.5 Å². The zero-order chi connectivity index (χ0) is 16.0. The molecule has 7 heteroatoms. The highest BCUT2D eigenvalue weighted by atomic mass is 35.5. The molecular weight excluding hydrogens is 319 g/mol. The van der Waals surface area contributed by atoms with Crippen LogP contribution in [0.4, 0.5) is 4.39 Å². The van der Waals surface area contributed by atoms with Crippen LogP contribution in [-0.4, -0.2) is 19.6 Å². The number of fused-ring (bicyclic) bond motifs is 2. The molecule has 0 unspecified atom stereocenters. The Morgan fingerprint density at radius 3 is 3.09 bits per heavy atom. The average molecular weight is 331 g/mol. The van der Waals surface area contributed by atoms with E-state index in [1.807, 2.05) is 6.08 Å². The van der Waals surface area contributed by atoms with Crippen LogP contribution in [0.5, 0.6) is 0 Å². The number of rotatable bonds is 1.